The lowest BCUT2D eigenvalue weighted by Gasteiger charge is -2.34. The number of carbonyl (C=O) groups is 7. The number of ether oxygens (including phenoxy) is 2. The number of nitrogens with two attached hydrogens (primary N) is 2. The van der Waals surface area contributed by atoms with Crippen LogP contribution in [0.3, 0.4) is 0 Å². The Morgan fingerprint density at radius 2 is 1.44 bits per heavy atom. The number of rotatable bonds is 20. The van der Waals surface area contributed by atoms with Crippen LogP contribution in [0.1, 0.15) is 79.7 Å². The number of aliphatic hydroxyl groups is 2. The number of aromatic hydroxyl groups is 1. The van der Waals surface area contributed by atoms with E-state index in [2.05, 4.69) is 10.6 Å². The summed E-state index contributed by atoms with van der Waals surface area (Å²) in [5.41, 5.74) is 11.7. The molecule has 1 aromatic rings. The molecule has 1 aromatic carbocycles. The lowest BCUT2D eigenvalue weighted by molar-refractivity contribution is -0.163. The molecule has 0 bridgehead atoms. The van der Waals surface area contributed by atoms with Crippen LogP contribution in [-0.2, 0) is 44.7 Å². The van der Waals surface area contributed by atoms with E-state index >= 15 is 0 Å². The van der Waals surface area contributed by atoms with Crippen molar-refractivity contribution in [3.63, 3.8) is 0 Å². The average molecular weight is 781 g/mol. The van der Waals surface area contributed by atoms with Gasteiger partial charge in [-0.1, -0.05) is 32.4 Å². The largest absolute Gasteiger partial charge is 0.508 e. The maximum atomic E-state index is 13.9. The molecule has 9 N–H and O–H groups in total. The number of phenolic OH excluding ortho intramolecular Hbond substituents is 1. The van der Waals surface area contributed by atoms with Gasteiger partial charge in [0.1, 0.15) is 35.5 Å². The third-order valence-corrected chi connectivity index (χ3v) is 8.57. The van der Waals surface area contributed by atoms with Crippen molar-refractivity contribution in [3.8, 4) is 5.75 Å². The molecule has 18 heteroatoms. The first-order valence-corrected chi connectivity index (χ1v) is 18.2. The number of hydrogen-bond donors (Lipinski definition) is 7. The topological polar surface area (TPSA) is 281 Å². The van der Waals surface area contributed by atoms with Crippen LogP contribution in [0.15, 0.2) is 24.3 Å². The van der Waals surface area contributed by atoms with Crippen molar-refractivity contribution >= 4 is 41.6 Å². The van der Waals surface area contributed by atoms with Gasteiger partial charge in [0, 0.05) is 25.5 Å². The van der Waals surface area contributed by atoms with Crippen LogP contribution < -0.4 is 22.1 Å². The standard InChI is InChI=1S/C37H60N6O12/c1-21(2)30(35(52)54-8)43(28(47)13-11-9-10-12-24-14-16-26(46)17-15-24)34(51)29(39)25(19-44)18-40-31(48)23(4)42(36(53)55-37(5,6)7)33(50)22(3)41-32(49)27(38)20-45/h14-17,21-23,25,27,29-30,44-46H,9-13,18-20,38-39H2,1-8H3,(H,40,48)(H,41,49)/t22-,23-,25?,27-,29?,30?/m0/s1. The molecule has 0 fully saturated rings. The van der Waals surface area contributed by atoms with Gasteiger partial charge in [-0.15, -0.1) is 0 Å². The van der Waals surface area contributed by atoms with Gasteiger partial charge in [-0.05, 0) is 77.5 Å². The molecule has 0 radical (unpaired) electrons. The molecule has 0 aliphatic rings. The van der Waals surface area contributed by atoms with Crippen LogP contribution in [0, 0.1) is 11.8 Å². The Labute approximate surface area is 322 Å². The zero-order valence-electron chi connectivity index (χ0n) is 33.1. The highest BCUT2D eigenvalue weighted by Crippen LogP contribution is 2.20. The SMILES string of the molecule is COC(=O)C(C(C)C)N(C(=O)CCCCCc1ccc(O)cc1)C(=O)C(N)C(CO)CNC(=O)[C@H](C)N(C(=O)OC(C)(C)C)C(=O)[C@H](C)NC(=O)[C@@H](N)CO. The molecule has 1 rings (SSSR count). The van der Waals surface area contributed by atoms with Gasteiger partial charge in [0.05, 0.1) is 19.8 Å². The lowest BCUT2D eigenvalue weighted by Crippen LogP contribution is -2.60. The summed E-state index contributed by atoms with van der Waals surface area (Å²) in [5, 5.41) is 33.7. The molecule has 0 aromatic heterocycles. The van der Waals surface area contributed by atoms with E-state index in [0.29, 0.717) is 30.6 Å². The molecular weight excluding hydrogens is 720 g/mol. The maximum absolute atomic E-state index is 13.9. The first-order chi connectivity index (χ1) is 25.6. The number of imide groups is 2. The zero-order chi connectivity index (χ0) is 42.2. The Morgan fingerprint density at radius 1 is 0.836 bits per heavy atom. The van der Waals surface area contributed by atoms with Crippen molar-refractivity contribution in [3.05, 3.63) is 29.8 Å². The fraction of sp³-hybridized carbons (Fsp3) is 0.649. The van der Waals surface area contributed by atoms with Crippen molar-refractivity contribution < 1.29 is 58.4 Å². The minimum atomic E-state index is -1.61. The summed E-state index contributed by atoms with van der Waals surface area (Å²) < 4.78 is 10.3. The van der Waals surface area contributed by atoms with Crippen molar-refractivity contribution in [2.75, 3.05) is 26.9 Å². The highest BCUT2D eigenvalue weighted by Gasteiger charge is 2.42. The number of aryl methyl sites for hydroxylation is 1. The monoisotopic (exact) mass is 780 g/mol. The number of carbonyl (C=O) groups excluding carboxylic acids is 7. The number of nitrogens with zero attached hydrogens (tertiary/aromatic N) is 2. The van der Waals surface area contributed by atoms with Crippen molar-refractivity contribution in [2.45, 2.75) is 116 Å². The molecule has 0 saturated heterocycles. The van der Waals surface area contributed by atoms with E-state index < -0.39 is 109 Å². The third-order valence-electron chi connectivity index (χ3n) is 8.57. The van der Waals surface area contributed by atoms with Crippen molar-refractivity contribution in [1.29, 1.82) is 0 Å². The molecule has 6 atom stereocenters. The predicted molar refractivity (Wildman–Crippen MR) is 200 cm³/mol. The van der Waals surface area contributed by atoms with E-state index in [9.17, 15) is 48.9 Å². The minimum absolute atomic E-state index is 0.106. The van der Waals surface area contributed by atoms with Gasteiger partial charge in [0.2, 0.25) is 23.6 Å². The van der Waals surface area contributed by atoms with Gasteiger partial charge in [-0.2, -0.15) is 0 Å². The molecule has 0 aliphatic heterocycles. The summed E-state index contributed by atoms with van der Waals surface area (Å²) in [4.78, 5) is 93.9. The second-order valence-electron chi connectivity index (χ2n) is 14.6. The van der Waals surface area contributed by atoms with Crippen molar-refractivity contribution in [1.82, 2.24) is 20.4 Å². The van der Waals surface area contributed by atoms with Crippen LogP contribution in [0.4, 0.5) is 4.79 Å². The van der Waals surface area contributed by atoms with Gasteiger partial charge < -0.3 is 46.9 Å². The third kappa shape index (κ3) is 15.2. The number of nitrogens with one attached hydrogen (secondary N) is 2. The molecule has 6 amide bonds. The number of aliphatic hydroxyl groups excluding tert-OH is 2. The number of phenols is 1. The zero-order valence-corrected chi connectivity index (χ0v) is 33.1. The Bertz CT molecular complexity index is 1470. The highest BCUT2D eigenvalue weighted by molar-refractivity contribution is 6.02. The summed E-state index contributed by atoms with van der Waals surface area (Å²) in [5.74, 6) is -7.03. The first kappa shape index (κ1) is 48.4. The number of hydrogen-bond acceptors (Lipinski definition) is 14. The first-order valence-electron chi connectivity index (χ1n) is 18.2. The van der Waals surface area contributed by atoms with Crippen LogP contribution in [-0.4, -0.2) is 129 Å². The van der Waals surface area contributed by atoms with Gasteiger partial charge >= 0.3 is 12.1 Å². The summed E-state index contributed by atoms with van der Waals surface area (Å²) >= 11 is 0. The van der Waals surface area contributed by atoms with E-state index in [1.807, 2.05) is 0 Å². The molecular formula is C37H60N6O12. The number of benzene rings is 1. The second-order valence-corrected chi connectivity index (χ2v) is 14.6. The highest BCUT2D eigenvalue weighted by atomic mass is 16.6. The number of esters is 1. The van der Waals surface area contributed by atoms with E-state index in [0.717, 1.165) is 17.6 Å². The fourth-order valence-electron chi connectivity index (χ4n) is 5.36. The van der Waals surface area contributed by atoms with E-state index in [1.165, 1.54) is 34.6 Å². The Hall–Kier alpha value is -4.65. The fourth-order valence-corrected chi connectivity index (χ4v) is 5.36. The van der Waals surface area contributed by atoms with Gasteiger partial charge in [0.15, 0.2) is 0 Å². The Kier molecular flexibility index (Phi) is 19.9. The van der Waals surface area contributed by atoms with E-state index in [-0.39, 0.29) is 12.2 Å². The number of methoxy groups -OCH3 is 1. The van der Waals surface area contributed by atoms with E-state index in [1.54, 1.807) is 38.1 Å². The average Bonchev–Trinajstić information content (AvgIpc) is 3.12. The summed E-state index contributed by atoms with van der Waals surface area (Å²) in [6, 6.07) is -0.508. The van der Waals surface area contributed by atoms with Crippen LogP contribution in [0.25, 0.3) is 0 Å². The number of unbranched alkanes of at least 4 members (excludes halogenated alkanes) is 2. The summed E-state index contributed by atoms with van der Waals surface area (Å²) in [7, 11) is 1.12. The Balaban J connectivity index is 3.20. The van der Waals surface area contributed by atoms with E-state index in [4.69, 9.17) is 20.9 Å². The number of amides is 6. The normalized spacial score (nSPS) is 14.7. The predicted octanol–water partition coefficient (Wildman–Crippen LogP) is 0.0764. The quantitative estimate of drug-likeness (QED) is 0.0682. The van der Waals surface area contributed by atoms with Gasteiger partial charge in [-0.3, -0.25) is 28.9 Å². The molecule has 55 heavy (non-hydrogen) atoms. The molecule has 0 spiro atoms. The van der Waals surface area contributed by atoms with Crippen LogP contribution in [0.2, 0.25) is 0 Å². The second kappa shape index (κ2) is 22.7. The molecule has 18 nitrogen and oxygen atoms in total. The maximum Gasteiger partial charge on any atom is 0.417 e. The molecule has 0 heterocycles. The van der Waals surface area contributed by atoms with Crippen LogP contribution >= 0.6 is 0 Å². The van der Waals surface area contributed by atoms with Crippen molar-refractivity contribution in [2.24, 2.45) is 23.3 Å². The summed E-state index contributed by atoms with van der Waals surface area (Å²) in [6.07, 6.45) is 1.08. The smallest absolute Gasteiger partial charge is 0.417 e. The molecule has 3 unspecified atom stereocenters. The van der Waals surface area contributed by atoms with Gasteiger partial charge in [-0.25, -0.2) is 14.5 Å². The minimum Gasteiger partial charge on any atom is -0.508 e. The summed E-state index contributed by atoms with van der Waals surface area (Å²) in [6.45, 7) is 8.35. The molecule has 310 valence electrons. The van der Waals surface area contributed by atoms with Gasteiger partial charge in [0.25, 0.3) is 5.91 Å². The van der Waals surface area contributed by atoms with Crippen LogP contribution in [0.5, 0.6) is 5.75 Å². The molecule has 0 aliphatic carbocycles. The Morgan fingerprint density at radius 3 is 1.95 bits per heavy atom. The molecule has 0 saturated carbocycles. The lowest BCUT2D eigenvalue weighted by atomic mass is 9.95.